The zero-order valence-electron chi connectivity index (χ0n) is 8.29. The fraction of sp³-hybridized carbons (Fsp3) is 0.400. The van der Waals surface area contributed by atoms with Crippen molar-refractivity contribution in [2.45, 2.75) is 26.2 Å². The number of nitrogens with zero attached hydrogens (tertiary/aromatic N) is 1. The maximum Gasteiger partial charge on any atom is 0.260 e. The van der Waals surface area contributed by atoms with Gasteiger partial charge in [-0.15, -0.1) is 0 Å². The molecule has 14 heavy (non-hydrogen) atoms. The first-order valence-electron chi connectivity index (χ1n) is 4.79. The molecule has 4 heteroatoms. The third-order valence-corrected chi connectivity index (χ3v) is 2.52. The molecule has 0 aromatic carbocycles. The number of H-pyrrole nitrogens is 2. The van der Waals surface area contributed by atoms with Crippen LogP contribution < -0.4 is 5.56 Å². The number of hydrogen-bond donors (Lipinski definition) is 2. The third-order valence-electron chi connectivity index (χ3n) is 2.52. The summed E-state index contributed by atoms with van der Waals surface area (Å²) in [4.78, 5) is 21.7. The fourth-order valence-corrected chi connectivity index (χ4v) is 1.40. The van der Waals surface area contributed by atoms with Crippen LogP contribution in [0.3, 0.4) is 0 Å². The molecule has 0 saturated carbocycles. The van der Waals surface area contributed by atoms with E-state index in [4.69, 9.17) is 0 Å². The average molecular weight is 191 g/mol. The van der Waals surface area contributed by atoms with Crippen LogP contribution in [0.4, 0.5) is 0 Å². The van der Waals surface area contributed by atoms with Crippen molar-refractivity contribution in [1.29, 1.82) is 0 Å². The van der Waals surface area contributed by atoms with Gasteiger partial charge in [0, 0.05) is 12.1 Å². The lowest BCUT2D eigenvalue weighted by Crippen LogP contribution is -2.12. The minimum Gasteiger partial charge on any atom is -0.346 e. The Labute approximate surface area is 81.4 Å². The molecule has 4 nitrogen and oxygen atoms in total. The molecule has 0 spiro atoms. The van der Waals surface area contributed by atoms with Crippen molar-refractivity contribution in [2.75, 3.05) is 0 Å². The van der Waals surface area contributed by atoms with Crippen molar-refractivity contribution in [2.24, 2.45) is 0 Å². The predicted molar refractivity (Wildman–Crippen MR) is 55.4 cm³/mol. The van der Waals surface area contributed by atoms with Gasteiger partial charge in [0.25, 0.3) is 5.56 Å². The van der Waals surface area contributed by atoms with Crippen LogP contribution in [0.1, 0.15) is 32.0 Å². The molecule has 0 aliphatic carbocycles. The number of hydrogen-bond acceptors (Lipinski definition) is 2. The van der Waals surface area contributed by atoms with Crippen LogP contribution in [0, 0.1) is 0 Å². The van der Waals surface area contributed by atoms with E-state index in [2.05, 4.69) is 21.9 Å². The maximum absolute atomic E-state index is 11.6. The van der Waals surface area contributed by atoms with Gasteiger partial charge in [-0.3, -0.25) is 4.79 Å². The van der Waals surface area contributed by atoms with Crippen molar-refractivity contribution in [1.82, 2.24) is 15.0 Å². The summed E-state index contributed by atoms with van der Waals surface area (Å²) in [6, 6.07) is 1.74. The van der Waals surface area contributed by atoms with Gasteiger partial charge in [-0.25, -0.2) is 4.98 Å². The van der Waals surface area contributed by atoms with Crippen molar-refractivity contribution >= 4 is 11.0 Å². The Kier molecular flexibility index (Phi) is 2.11. The monoisotopic (exact) mass is 191 g/mol. The lowest BCUT2D eigenvalue weighted by molar-refractivity contribution is 0.679. The zero-order chi connectivity index (χ0) is 10.1. The smallest absolute Gasteiger partial charge is 0.260 e. The molecule has 0 saturated heterocycles. The molecule has 2 aromatic rings. The van der Waals surface area contributed by atoms with E-state index in [1.807, 2.05) is 6.92 Å². The Balaban J connectivity index is 2.64. The third kappa shape index (κ3) is 1.32. The molecule has 0 amide bonds. The summed E-state index contributed by atoms with van der Waals surface area (Å²) < 4.78 is 0. The van der Waals surface area contributed by atoms with Gasteiger partial charge in [-0.2, -0.15) is 0 Å². The lowest BCUT2D eigenvalue weighted by atomic mass is 10.1. The normalized spacial score (nSPS) is 13.3. The summed E-state index contributed by atoms with van der Waals surface area (Å²) in [7, 11) is 0. The highest BCUT2D eigenvalue weighted by atomic mass is 16.1. The van der Waals surface area contributed by atoms with Crippen LogP contribution in [0.25, 0.3) is 11.0 Å². The van der Waals surface area contributed by atoms with Crippen molar-refractivity contribution in [3.8, 4) is 0 Å². The Hall–Kier alpha value is -1.58. The van der Waals surface area contributed by atoms with E-state index >= 15 is 0 Å². The molecule has 2 aromatic heterocycles. The summed E-state index contributed by atoms with van der Waals surface area (Å²) in [5.41, 5.74) is 0.607. The average Bonchev–Trinajstić information content (AvgIpc) is 2.64. The molecule has 0 aliphatic heterocycles. The van der Waals surface area contributed by atoms with Gasteiger partial charge in [0.05, 0.1) is 5.39 Å². The fourth-order valence-electron chi connectivity index (χ4n) is 1.40. The summed E-state index contributed by atoms with van der Waals surface area (Å²) in [5, 5.41) is 0.622. The molecule has 2 heterocycles. The van der Waals surface area contributed by atoms with E-state index < -0.39 is 0 Å². The summed E-state index contributed by atoms with van der Waals surface area (Å²) in [6.07, 6.45) is 2.70. The second-order valence-corrected chi connectivity index (χ2v) is 3.50. The quantitative estimate of drug-likeness (QED) is 0.759. The molecule has 0 aliphatic rings. The highest BCUT2D eigenvalue weighted by molar-refractivity contribution is 5.73. The Morgan fingerprint density at radius 1 is 1.57 bits per heavy atom. The Morgan fingerprint density at radius 3 is 3.07 bits per heavy atom. The highest BCUT2D eigenvalue weighted by Crippen LogP contribution is 2.14. The topological polar surface area (TPSA) is 61.5 Å². The van der Waals surface area contributed by atoms with Crippen molar-refractivity contribution in [3.63, 3.8) is 0 Å². The van der Waals surface area contributed by atoms with Crippen molar-refractivity contribution in [3.05, 3.63) is 28.4 Å². The lowest BCUT2D eigenvalue weighted by Gasteiger charge is -2.06. The number of aromatic amines is 2. The Bertz CT molecular complexity index is 497. The van der Waals surface area contributed by atoms with Crippen LogP contribution in [0.15, 0.2) is 17.1 Å². The van der Waals surface area contributed by atoms with Crippen LogP contribution in [0.2, 0.25) is 0 Å². The summed E-state index contributed by atoms with van der Waals surface area (Å²) in [6.45, 7) is 4.12. The van der Waals surface area contributed by atoms with Crippen LogP contribution in [-0.2, 0) is 0 Å². The number of fused-ring (bicyclic) bond motifs is 1. The maximum atomic E-state index is 11.6. The summed E-state index contributed by atoms with van der Waals surface area (Å²) >= 11 is 0. The molecule has 2 rings (SSSR count). The number of rotatable bonds is 2. The van der Waals surface area contributed by atoms with Crippen LogP contribution >= 0.6 is 0 Å². The van der Waals surface area contributed by atoms with Gasteiger partial charge >= 0.3 is 0 Å². The molecule has 74 valence electrons. The first-order valence-corrected chi connectivity index (χ1v) is 4.79. The minimum atomic E-state index is -0.0634. The largest absolute Gasteiger partial charge is 0.346 e. The SMILES string of the molecule is CC[C@H](C)c1nc2[nH]ccc2c(=O)[nH]1. The molecular formula is C10H13N3O. The van der Waals surface area contributed by atoms with Gasteiger partial charge in [0.1, 0.15) is 11.5 Å². The number of nitrogens with one attached hydrogen (secondary N) is 2. The first-order chi connectivity index (χ1) is 6.72. The Morgan fingerprint density at radius 2 is 2.36 bits per heavy atom. The van der Waals surface area contributed by atoms with Gasteiger partial charge in [0.15, 0.2) is 0 Å². The van der Waals surface area contributed by atoms with Gasteiger partial charge in [-0.05, 0) is 12.5 Å². The molecule has 0 radical (unpaired) electrons. The van der Waals surface area contributed by atoms with Gasteiger partial charge in [-0.1, -0.05) is 13.8 Å². The minimum absolute atomic E-state index is 0.0634. The standard InChI is InChI=1S/C10H13N3O/c1-3-6(2)8-12-9-7(4-5-11-9)10(14)13-8/h4-6H,3H2,1-2H3,(H2,11,12,13,14)/t6-/m0/s1. The summed E-state index contributed by atoms with van der Waals surface area (Å²) in [5.74, 6) is 1.04. The molecule has 0 fully saturated rings. The predicted octanol–water partition coefficient (Wildman–Crippen LogP) is 1.76. The van der Waals surface area contributed by atoms with E-state index in [0.717, 1.165) is 12.2 Å². The number of aromatic nitrogens is 3. The van der Waals surface area contributed by atoms with E-state index in [9.17, 15) is 4.79 Å². The van der Waals surface area contributed by atoms with E-state index in [1.54, 1.807) is 12.3 Å². The van der Waals surface area contributed by atoms with E-state index in [1.165, 1.54) is 0 Å². The van der Waals surface area contributed by atoms with Gasteiger partial charge in [0.2, 0.25) is 0 Å². The second-order valence-electron chi connectivity index (χ2n) is 3.50. The molecule has 1 atom stereocenters. The zero-order valence-corrected chi connectivity index (χ0v) is 8.29. The molecule has 0 bridgehead atoms. The molecule has 0 unspecified atom stereocenters. The van der Waals surface area contributed by atoms with Crippen LogP contribution in [-0.4, -0.2) is 15.0 Å². The second kappa shape index (κ2) is 3.29. The first kappa shape index (κ1) is 8.99. The van der Waals surface area contributed by atoms with E-state index in [-0.39, 0.29) is 11.5 Å². The molecule has 2 N–H and O–H groups in total. The van der Waals surface area contributed by atoms with Crippen LogP contribution in [0.5, 0.6) is 0 Å². The van der Waals surface area contributed by atoms with E-state index in [0.29, 0.717) is 11.0 Å². The van der Waals surface area contributed by atoms with Crippen molar-refractivity contribution < 1.29 is 0 Å². The molecular weight excluding hydrogens is 178 g/mol. The van der Waals surface area contributed by atoms with Gasteiger partial charge < -0.3 is 9.97 Å². The highest BCUT2D eigenvalue weighted by Gasteiger charge is 2.08.